The van der Waals surface area contributed by atoms with Crippen molar-refractivity contribution >= 4 is 22.8 Å². The minimum atomic E-state index is -0.801. The topological polar surface area (TPSA) is 89.3 Å². The van der Waals surface area contributed by atoms with E-state index in [0.717, 1.165) is 47.9 Å². The van der Waals surface area contributed by atoms with Crippen LogP contribution in [0.3, 0.4) is 0 Å². The Kier molecular flexibility index (Phi) is 7.67. The van der Waals surface area contributed by atoms with Crippen LogP contribution in [-0.4, -0.2) is 44.9 Å². The van der Waals surface area contributed by atoms with Gasteiger partial charge in [-0.05, 0) is 60.7 Å². The molecule has 2 amide bonds. The SMILES string of the molecule is COc1cccc(CN(C(=O)Cn2nnc3ccccc32)[C@@H](C(=O)NC2CCCC2)c2ccccc2C)c1. The Labute approximate surface area is 222 Å². The Morgan fingerprint density at radius 2 is 1.82 bits per heavy atom. The van der Waals surface area contributed by atoms with Gasteiger partial charge in [-0.15, -0.1) is 5.10 Å². The number of para-hydroxylation sites is 1. The fraction of sp³-hybridized carbons (Fsp3) is 0.333. The molecule has 1 aliphatic rings. The normalized spacial score (nSPS) is 14.4. The van der Waals surface area contributed by atoms with Crippen molar-refractivity contribution < 1.29 is 14.3 Å². The van der Waals surface area contributed by atoms with Gasteiger partial charge in [0.2, 0.25) is 11.8 Å². The number of carbonyl (C=O) groups excluding carboxylic acids is 2. The van der Waals surface area contributed by atoms with Crippen LogP contribution in [0.2, 0.25) is 0 Å². The van der Waals surface area contributed by atoms with E-state index < -0.39 is 6.04 Å². The van der Waals surface area contributed by atoms with E-state index in [0.29, 0.717) is 11.3 Å². The van der Waals surface area contributed by atoms with Crippen molar-refractivity contribution in [1.29, 1.82) is 0 Å². The van der Waals surface area contributed by atoms with Crippen LogP contribution in [0.25, 0.3) is 11.0 Å². The lowest BCUT2D eigenvalue weighted by Gasteiger charge is -2.33. The van der Waals surface area contributed by atoms with Crippen molar-refractivity contribution in [2.75, 3.05) is 7.11 Å². The first-order chi connectivity index (χ1) is 18.5. The number of nitrogens with zero attached hydrogens (tertiary/aromatic N) is 4. The minimum Gasteiger partial charge on any atom is -0.497 e. The molecule has 196 valence electrons. The number of nitrogens with one attached hydrogen (secondary N) is 1. The van der Waals surface area contributed by atoms with Crippen LogP contribution in [0.4, 0.5) is 0 Å². The van der Waals surface area contributed by atoms with Gasteiger partial charge in [-0.3, -0.25) is 9.59 Å². The number of amides is 2. The van der Waals surface area contributed by atoms with Gasteiger partial charge in [-0.1, -0.05) is 66.6 Å². The van der Waals surface area contributed by atoms with E-state index in [-0.39, 0.29) is 30.9 Å². The van der Waals surface area contributed by atoms with E-state index >= 15 is 0 Å². The Hall–Kier alpha value is -4.20. The molecular weight excluding hydrogens is 478 g/mol. The average Bonchev–Trinajstić information content (AvgIpc) is 3.59. The van der Waals surface area contributed by atoms with Crippen molar-refractivity contribution in [1.82, 2.24) is 25.2 Å². The number of aryl methyl sites for hydroxylation is 1. The number of rotatable bonds is 9. The maximum atomic E-state index is 14.1. The predicted molar refractivity (Wildman–Crippen MR) is 145 cm³/mol. The largest absolute Gasteiger partial charge is 0.497 e. The van der Waals surface area contributed by atoms with Crippen LogP contribution in [-0.2, 0) is 22.7 Å². The van der Waals surface area contributed by atoms with Gasteiger partial charge in [0.15, 0.2) is 0 Å². The zero-order chi connectivity index (χ0) is 26.5. The molecule has 0 spiro atoms. The second kappa shape index (κ2) is 11.5. The molecule has 38 heavy (non-hydrogen) atoms. The van der Waals surface area contributed by atoms with Crippen LogP contribution < -0.4 is 10.1 Å². The van der Waals surface area contributed by atoms with Crippen molar-refractivity contribution in [2.45, 2.75) is 57.8 Å². The summed E-state index contributed by atoms with van der Waals surface area (Å²) >= 11 is 0. The summed E-state index contributed by atoms with van der Waals surface area (Å²) in [5.41, 5.74) is 4.11. The number of methoxy groups -OCH3 is 1. The summed E-state index contributed by atoms with van der Waals surface area (Å²) < 4.78 is 7.02. The van der Waals surface area contributed by atoms with Gasteiger partial charge in [-0.2, -0.15) is 0 Å². The summed E-state index contributed by atoms with van der Waals surface area (Å²) in [6.07, 6.45) is 4.12. The molecule has 1 fully saturated rings. The van der Waals surface area contributed by atoms with E-state index in [4.69, 9.17) is 4.74 Å². The Bertz CT molecular complexity index is 1430. The van der Waals surface area contributed by atoms with Gasteiger partial charge in [0, 0.05) is 12.6 Å². The summed E-state index contributed by atoms with van der Waals surface area (Å²) in [5.74, 6) is 0.309. The van der Waals surface area contributed by atoms with Crippen LogP contribution in [0.5, 0.6) is 5.75 Å². The number of hydrogen-bond donors (Lipinski definition) is 1. The smallest absolute Gasteiger partial charge is 0.247 e. The number of benzene rings is 3. The monoisotopic (exact) mass is 511 g/mol. The molecule has 5 rings (SSSR count). The highest BCUT2D eigenvalue weighted by Crippen LogP contribution is 2.29. The van der Waals surface area contributed by atoms with Gasteiger partial charge >= 0.3 is 0 Å². The predicted octanol–water partition coefficient (Wildman–Crippen LogP) is 4.58. The third kappa shape index (κ3) is 5.54. The number of carbonyl (C=O) groups is 2. The molecule has 8 heteroatoms. The van der Waals surface area contributed by atoms with Crippen molar-refractivity contribution in [3.8, 4) is 5.75 Å². The Morgan fingerprint density at radius 1 is 1.05 bits per heavy atom. The Morgan fingerprint density at radius 3 is 2.61 bits per heavy atom. The molecule has 0 radical (unpaired) electrons. The fourth-order valence-corrected chi connectivity index (χ4v) is 5.24. The summed E-state index contributed by atoms with van der Waals surface area (Å²) in [4.78, 5) is 29.7. The molecule has 0 bridgehead atoms. The van der Waals surface area contributed by atoms with Crippen molar-refractivity contribution in [3.63, 3.8) is 0 Å². The minimum absolute atomic E-state index is 0.0381. The lowest BCUT2D eigenvalue weighted by atomic mass is 9.97. The molecule has 0 unspecified atom stereocenters. The molecule has 0 aliphatic heterocycles. The molecule has 1 aromatic heterocycles. The molecule has 1 saturated carbocycles. The lowest BCUT2D eigenvalue weighted by Crippen LogP contribution is -2.47. The molecule has 8 nitrogen and oxygen atoms in total. The summed E-state index contributed by atoms with van der Waals surface area (Å²) in [5, 5.41) is 11.7. The van der Waals surface area contributed by atoms with Gasteiger partial charge in [0.25, 0.3) is 0 Å². The zero-order valence-electron chi connectivity index (χ0n) is 21.8. The van der Waals surface area contributed by atoms with Gasteiger partial charge in [0.1, 0.15) is 23.9 Å². The fourth-order valence-electron chi connectivity index (χ4n) is 5.24. The molecule has 1 aliphatic carbocycles. The Balaban J connectivity index is 1.55. The highest BCUT2D eigenvalue weighted by molar-refractivity contribution is 5.89. The number of fused-ring (bicyclic) bond motifs is 1. The maximum Gasteiger partial charge on any atom is 0.247 e. The molecule has 1 heterocycles. The van der Waals surface area contributed by atoms with Crippen LogP contribution in [0, 0.1) is 6.92 Å². The van der Waals surface area contributed by atoms with E-state index in [2.05, 4.69) is 15.6 Å². The van der Waals surface area contributed by atoms with Crippen LogP contribution in [0.15, 0.2) is 72.8 Å². The number of aromatic nitrogens is 3. The summed E-state index contributed by atoms with van der Waals surface area (Å²) in [7, 11) is 1.61. The number of ether oxygens (including phenoxy) is 1. The average molecular weight is 512 g/mol. The second-order valence-electron chi connectivity index (χ2n) is 9.86. The standard InChI is InChI=1S/C30H33N5O3/c1-21-10-3-6-15-25(21)29(30(37)31-23-12-4-5-13-23)34(19-22-11-9-14-24(18-22)38-2)28(36)20-35-27-17-8-7-16-26(27)32-33-35/h3,6-11,14-18,23,29H,4-5,12-13,19-20H2,1-2H3,(H,31,37)/t29-/m1/s1. The van der Waals surface area contributed by atoms with E-state index in [1.54, 1.807) is 16.7 Å². The first kappa shape index (κ1) is 25.4. The molecule has 0 saturated heterocycles. The first-order valence-corrected chi connectivity index (χ1v) is 13.1. The molecule has 1 atom stereocenters. The van der Waals surface area contributed by atoms with Gasteiger partial charge in [0.05, 0.1) is 12.6 Å². The maximum absolute atomic E-state index is 14.1. The van der Waals surface area contributed by atoms with E-state index in [1.807, 2.05) is 79.7 Å². The van der Waals surface area contributed by atoms with Crippen molar-refractivity contribution in [2.24, 2.45) is 0 Å². The van der Waals surface area contributed by atoms with Crippen LogP contribution in [0.1, 0.15) is 48.4 Å². The second-order valence-corrected chi connectivity index (χ2v) is 9.86. The van der Waals surface area contributed by atoms with Crippen molar-refractivity contribution in [3.05, 3.63) is 89.5 Å². The number of hydrogen-bond acceptors (Lipinski definition) is 5. The van der Waals surface area contributed by atoms with Gasteiger partial charge in [-0.25, -0.2) is 4.68 Å². The van der Waals surface area contributed by atoms with E-state index in [1.165, 1.54) is 0 Å². The summed E-state index contributed by atoms with van der Waals surface area (Å²) in [6.45, 7) is 2.17. The summed E-state index contributed by atoms with van der Waals surface area (Å²) in [6, 6.07) is 22.2. The highest BCUT2D eigenvalue weighted by Gasteiger charge is 2.34. The molecule has 3 aromatic carbocycles. The third-order valence-electron chi connectivity index (χ3n) is 7.26. The molecule has 4 aromatic rings. The van der Waals surface area contributed by atoms with Gasteiger partial charge < -0.3 is 15.0 Å². The lowest BCUT2D eigenvalue weighted by molar-refractivity contribution is -0.142. The molecular formula is C30H33N5O3. The zero-order valence-corrected chi connectivity index (χ0v) is 21.8. The first-order valence-electron chi connectivity index (χ1n) is 13.1. The third-order valence-corrected chi connectivity index (χ3v) is 7.26. The van der Waals surface area contributed by atoms with E-state index in [9.17, 15) is 9.59 Å². The molecule has 1 N–H and O–H groups in total. The quantitative estimate of drug-likeness (QED) is 0.355. The highest BCUT2D eigenvalue weighted by atomic mass is 16.5. The van der Waals surface area contributed by atoms with Crippen LogP contribution >= 0.6 is 0 Å².